The quantitative estimate of drug-likeness (QED) is 0.404. The summed E-state index contributed by atoms with van der Waals surface area (Å²) in [6, 6.07) is 17.1. The van der Waals surface area contributed by atoms with Gasteiger partial charge in [0.05, 0.1) is 47.6 Å². The maximum atomic E-state index is 13.1. The third kappa shape index (κ3) is 5.32. The summed E-state index contributed by atoms with van der Waals surface area (Å²) in [6.07, 6.45) is 0. The number of carbonyl (C=O) groups excluding carboxylic acids is 2. The number of dihydropyridines is 1. The number of allylic oxidation sites excluding steroid dienone is 2. The van der Waals surface area contributed by atoms with Crippen molar-refractivity contribution >= 4 is 23.3 Å². The number of esters is 2. The molecule has 0 amide bonds. The summed E-state index contributed by atoms with van der Waals surface area (Å²) in [5.74, 6) is -1.61. The monoisotopic (exact) mass is 513 g/mol. The Morgan fingerprint density at radius 2 is 1.59 bits per heavy atom. The maximum Gasteiger partial charge on any atom is 0.336 e. The van der Waals surface area contributed by atoms with Gasteiger partial charge in [0.15, 0.2) is 0 Å². The zero-order valence-electron chi connectivity index (χ0n) is 21.1. The molecule has 0 atom stereocenters. The SMILES string of the molecule is CCOC(=O)C1=C(C)NC(C)=C(C(=O)OCC)C1c1cccc(-c2nc(-c3ccc(C#N)cc3)cs2)c1. The highest BCUT2D eigenvalue weighted by Gasteiger charge is 2.38. The molecule has 0 saturated carbocycles. The lowest BCUT2D eigenvalue weighted by Gasteiger charge is -2.30. The first kappa shape index (κ1) is 25.9. The van der Waals surface area contributed by atoms with Crippen molar-refractivity contribution in [3.8, 4) is 27.9 Å². The lowest BCUT2D eigenvalue weighted by atomic mass is 9.80. The van der Waals surface area contributed by atoms with Gasteiger partial charge in [-0.25, -0.2) is 14.6 Å². The molecule has 0 radical (unpaired) electrons. The number of carbonyl (C=O) groups is 2. The average molecular weight is 514 g/mol. The first-order valence-corrected chi connectivity index (χ1v) is 12.8. The van der Waals surface area contributed by atoms with Crippen LogP contribution in [0.1, 0.15) is 44.7 Å². The molecule has 2 aromatic carbocycles. The minimum atomic E-state index is -0.655. The number of benzene rings is 2. The van der Waals surface area contributed by atoms with E-state index >= 15 is 0 Å². The van der Waals surface area contributed by atoms with Crippen LogP contribution < -0.4 is 5.32 Å². The van der Waals surface area contributed by atoms with Gasteiger partial charge in [0.1, 0.15) is 5.01 Å². The van der Waals surface area contributed by atoms with Crippen molar-refractivity contribution in [3.05, 3.63) is 87.6 Å². The van der Waals surface area contributed by atoms with Crippen LogP contribution >= 0.6 is 11.3 Å². The van der Waals surface area contributed by atoms with Crippen molar-refractivity contribution < 1.29 is 19.1 Å². The Labute approximate surface area is 220 Å². The molecule has 3 aromatic rings. The Morgan fingerprint density at radius 1 is 0.973 bits per heavy atom. The largest absolute Gasteiger partial charge is 0.463 e. The fourth-order valence-electron chi connectivity index (χ4n) is 4.39. The van der Waals surface area contributed by atoms with E-state index in [2.05, 4.69) is 11.4 Å². The number of nitriles is 1. The summed E-state index contributed by atoms with van der Waals surface area (Å²) in [5.41, 5.74) is 5.98. The van der Waals surface area contributed by atoms with Gasteiger partial charge in [0, 0.05) is 27.9 Å². The number of thiazole rings is 1. The van der Waals surface area contributed by atoms with Crippen LogP contribution in [-0.2, 0) is 19.1 Å². The van der Waals surface area contributed by atoms with Crippen molar-refractivity contribution in [1.29, 1.82) is 5.26 Å². The summed E-state index contributed by atoms with van der Waals surface area (Å²) in [4.78, 5) is 30.9. The number of hydrogen-bond donors (Lipinski definition) is 1. The molecule has 1 aliphatic rings. The Balaban J connectivity index is 1.77. The number of hydrogen-bond acceptors (Lipinski definition) is 8. The molecule has 8 heteroatoms. The number of aromatic nitrogens is 1. The van der Waals surface area contributed by atoms with Crippen LogP contribution in [0.5, 0.6) is 0 Å². The van der Waals surface area contributed by atoms with Crippen molar-refractivity contribution in [1.82, 2.24) is 10.3 Å². The Bertz CT molecular complexity index is 1400. The first-order valence-electron chi connectivity index (χ1n) is 12.0. The van der Waals surface area contributed by atoms with Crippen molar-refractivity contribution in [3.63, 3.8) is 0 Å². The summed E-state index contributed by atoms with van der Waals surface area (Å²) in [5, 5.41) is 15.0. The fraction of sp³-hybridized carbons (Fsp3) is 0.241. The van der Waals surface area contributed by atoms with Gasteiger partial charge >= 0.3 is 11.9 Å². The molecular weight excluding hydrogens is 486 g/mol. The van der Waals surface area contributed by atoms with Gasteiger partial charge < -0.3 is 14.8 Å². The lowest BCUT2D eigenvalue weighted by molar-refractivity contribution is -0.139. The Hall–Kier alpha value is -4.22. The topological polar surface area (TPSA) is 101 Å². The van der Waals surface area contributed by atoms with E-state index in [0.29, 0.717) is 28.1 Å². The molecule has 0 aliphatic carbocycles. The van der Waals surface area contributed by atoms with Gasteiger partial charge in [-0.15, -0.1) is 11.3 Å². The summed E-state index contributed by atoms with van der Waals surface area (Å²) >= 11 is 1.50. The van der Waals surface area contributed by atoms with Gasteiger partial charge in [0.2, 0.25) is 0 Å². The average Bonchev–Trinajstić information content (AvgIpc) is 3.39. The van der Waals surface area contributed by atoms with E-state index in [0.717, 1.165) is 27.4 Å². The summed E-state index contributed by atoms with van der Waals surface area (Å²) in [6.45, 7) is 7.55. The van der Waals surface area contributed by atoms with Crippen LogP contribution in [0.4, 0.5) is 0 Å². The standard InChI is InChI=1S/C29H27N3O4S/c1-5-35-28(33)24-17(3)31-18(4)25(29(34)36-6-2)26(24)21-8-7-9-22(14-21)27-32-23(16-37-27)20-12-10-19(15-30)11-13-20/h7-14,16,26,31H,5-6H2,1-4H3. The molecule has 4 rings (SSSR count). The molecule has 188 valence electrons. The number of ether oxygens (including phenoxy) is 2. The van der Waals surface area contributed by atoms with E-state index in [-0.39, 0.29) is 13.2 Å². The second-order valence-electron chi connectivity index (χ2n) is 8.43. The van der Waals surface area contributed by atoms with Crippen LogP contribution in [0.25, 0.3) is 21.8 Å². The minimum absolute atomic E-state index is 0.219. The van der Waals surface area contributed by atoms with E-state index in [4.69, 9.17) is 19.7 Å². The van der Waals surface area contributed by atoms with Crippen LogP contribution in [0.15, 0.2) is 76.5 Å². The predicted molar refractivity (Wildman–Crippen MR) is 142 cm³/mol. The van der Waals surface area contributed by atoms with Crippen LogP contribution in [0, 0.1) is 11.3 Å². The van der Waals surface area contributed by atoms with E-state index in [9.17, 15) is 9.59 Å². The first-order chi connectivity index (χ1) is 17.9. The Morgan fingerprint density at radius 3 is 2.16 bits per heavy atom. The third-order valence-corrected chi connectivity index (χ3v) is 6.92. The van der Waals surface area contributed by atoms with E-state index in [1.807, 2.05) is 41.8 Å². The van der Waals surface area contributed by atoms with Gasteiger partial charge in [0.25, 0.3) is 0 Å². The molecular formula is C29H27N3O4S. The highest BCUT2D eigenvalue weighted by atomic mass is 32.1. The molecule has 1 aromatic heterocycles. The second kappa shape index (κ2) is 11.2. The zero-order chi connectivity index (χ0) is 26.5. The highest BCUT2D eigenvalue weighted by molar-refractivity contribution is 7.13. The molecule has 0 bridgehead atoms. The van der Waals surface area contributed by atoms with Crippen molar-refractivity contribution in [2.24, 2.45) is 0 Å². The van der Waals surface area contributed by atoms with E-state index in [1.54, 1.807) is 39.8 Å². The summed E-state index contributed by atoms with van der Waals surface area (Å²) in [7, 11) is 0. The predicted octanol–water partition coefficient (Wildman–Crippen LogP) is 5.71. The van der Waals surface area contributed by atoms with Crippen LogP contribution in [-0.4, -0.2) is 30.1 Å². The Kier molecular flexibility index (Phi) is 7.85. The van der Waals surface area contributed by atoms with Crippen LogP contribution in [0.2, 0.25) is 0 Å². The van der Waals surface area contributed by atoms with Crippen molar-refractivity contribution in [2.75, 3.05) is 13.2 Å². The molecule has 1 aliphatic heterocycles. The van der Waals surface area contributed by atoms with Gasteiger partial charge in [-0.1, -0.05) is 30.3 Å². The molecule has 7 nitrogen and oxygen atoms in total. The molecule has 0 fully saturated rings. The second-order valence-corrected chi connectivity index (χ2v) is 9.29. The molecule has 0 saturated heterocycles. The number of nitrogens with one attached hydrogen (secondary N) is 1. The van der Waals surface area contributed by atoms with Gasteiger partial charge in [-0.3, -0.25) is 0 Å². The van der Waals surface area contributed by atoms with Crippen LogP contribution in [0.3, 0.4) is 0 Å². The van der Waals surface area contributed by atoms with Gasteiger partial charge in [-0.2, -0.15) is 5.26 Å². The maximum absolute atomic E-state index is 13.1. The van der Waals surface area contributed by atoms with Crippen molar-refractivity contribution in [2.45, 2.75) is 33.6 Å². The van der Waals surface area contributed by atoms with E-state index in [1.165, 1.54) is 11.3 Å². The normalized spacial score (nSPS) is 13.7. The molecule has 0 spiro atoms. The molecule has 2 heterocycles. The number of nitrogens with zero attached hydrogens (tertiary/aromatic N) is 2. The summed E-state index contributed by atoms with van der Waals surface area (Å²) < 4.78 is 10.7. The number of rotatable bonds is 7. The lowest BCUT2D eigenvalue weighted by Crippen LogP contribution is -2.32. The van der Waals surface area contributed by atoms with Gasteiger partial charge in [-0.05, 0) is 51.5 Å². The zero-order valence-corrected chi connectivity index (χ0v) is 21.9. The smallest absolute Gasteiger partial charge is 0.336 e. The minimum Gasteiger partial charge on any atom is -0.463 e. The third-order valence-electron chi connectivity index (χ3n) is 6.03. The van der Waals surface area contributed by atoms with E-state index < -0.39 is 17.9 Å². The molecule has 0 unspecified atom stereocenters. The fourth-order valence-corrected chi connectivity index (χ4v) is 5.22. The molecule has 37 heavy (non-hydrogen) atoms. The highest BCUT2D eigenvalue weighted by Crippen LogP contribution is 2.41. The molecule has 1 N–H and O–H groups in total.